The summed E-state index contributed by atoms with van der Waals surface area (Å²) in [6.45, 7) is 8.90. The second-order valence-electron chi connectivity index (χ2n) is 6.34. The minimum atomic E-state index is -0.251. The fourth-order valence-corrected chi connectivity index (χ4v) is 3.36. The first-order valence-electron chi connectivity index (χ1n) is 8.22. The standard InChI is InChI=1S/C17H26N4O/c1-3-16-13-19(8-9-20(16)10-14(2)22)11-15-12-21-7-5-4-6-17(21)18-15/h4-7,12,14,16,22H,3,8-11,13H2,1-2H3/t14-,16-/m0/s1. The number of piperazine rings is 1. The summed E-state index contributed by atoms with van der Waals surface area (Å²) in [5, 5.41) is 9.63. The fourth-order valence-electron chi connectivity index (χ4n) is 3.36. The van der Waals surface area contributed by atoms with Crippen molar-refractivity contribution < 1.29 is 5.11 Å². The van der Waals surface area contributed by atoms with Gasteiger partial charge in [-0.1, -0.05) is 13.0 Å². The lowest BCUT2D eigenvalue weighted by molar-refractivity contribution is 0.0334. The Labute approximate surface area is 132 Å². The molecule has 0 unspecified atom stereocenters. The third kappa shape index (κ3) is 3.48. The van der Waals surface area contributed by atoms with Gasteiger partial charge < -0.3 is 9.51 Å². The van der Waals surface area contributed by atoms with Crippen LogP contribution in [-0.4, -0.2) is 62.6 Å². The van der Waals surface area contributed by atoms with Crippen molar-refractivity contribution in [1.82, 2.24) is 19.2 Å². The van der Waals surface area contributed by atoms with Gasteiger partial charge in [-0.3, -0.25) is 9.80 Å². The Balaban J connectivity index is 1.64. The molecule has 1 aliphatic rings. The molecule has 2 aromatic rings. The van der Waals surface area contributed by atoms with E-state index in [1.807, 2.05) is 31.3 Å². The number of pyridine rings is 1. The van der Waals surface area contributed by atoms with Crippen LogP contribution in [0.3, 0.4) is 0 Å². The third-order valence-corrected chi connectivity index (χ3v) is 4.46. The van der Waals surface area contributed by atoms with E-state index >= 15 is 0 Å². The molecule has 1 saturated heterocycles. The van der Waals surface area contributed by atoms with Crippen molar-refractivity contribution in [3.8, 4) is 0 Å². The van der Waals surface area contributed by atoms with Crippen LogP contribution >= 0.6 is 0 Å². The highest BCUT2D eigenvalue weighted by Gasteiger charge is 2.26. The summed E-state index contributed by atoms with van der Waals surface area (Å²) >= 11 is 0. The molecular formula is C17H26N4O. The van der Waals surface area contributed by atoms with Gasteiger partial charge in [-0.25, -0.2) is 4.98 Å². The lowest BCUT2D eigenvalue weighted by Crippen LogP contribution is -2.54. The number of aromatic nitrogens is 2. The van der Waals surface area contributed by atoms with Crippen LogP contribution in [0.5, 0.6) is 0 Å². The second kappa shape index (κ2) is 6.77. The van der Waals surface area contributed by atoms with Crippen LogP contribution in [0.2, 0.25) is 0 Å². The van der Waals surface area contributed by atoms with E-state index in [-0.39, 0.29) is 6.10 Å². The molecular weight excluding hydrogens is 276 g/mol. The van der Waals surface area contributed by atoms with Crippen LogP contribution in [0.1, 0.15) is 26.0 Å². The average Bonchev–Trinajstić information content (AvgIpc) is 2.90. The minimum Gasteiger partial charge on any atom is -0.392 e. The molecule has 120 valence electrons. The molecule has 1 aliphatic heterocycles. The summed E-state index contributed by atoms with van der Waals surface area (Å²) in [5.41, 5.74) is 2.14. The van der Waals surface area contributed by atoms with Crippen molar-refractivity contribution in [3.05, 3.63) is 36.3 Å². The van der Waals surface area contributed by atoms with Crippen LogP contribution in [0, 0.1) is 0 Å². The summed E-state index contributed by atoms with van der Waals surface area (Å²) < 4.78 is 2.08. The zero-order valence-corrected chi connectivity index (χ0v) is 13.5. The first kappa shape index (κ1) is 15.5. The Kier molecular flexibility index (Phi) is 4.76. The maximum atomic E-state index is 9.63. The Bertz CT molecular complexity index is 576. The van der Waals surface area contributed by atoms with Gasteiger partial charge in [0.1, 0.15) is 5.65 Å². The molecule has 3 heterocycles. The molecule has 0 saturated carbocycles. The van der Waals surface area contributed by atoms with E-state index in [0.717, 1.165) is 50.5 Å². The number of aliphatic hydroxyl groups is 1. The molecule has 1 N–H and O–H groups in total. The molecule has 0 spiro atoms. The van der Waals surface area contributed by atoms with Crippen molar-refractivity contribution in [2.75, 3.05) is 26.2 Å². The summed E-state index contributed by atoms with van der Waals surface area (Å²) in [4.78, 5) is 9.59. The first-order chi connectivity index (χ1) is 10.7. The molecule has 0 amide bonds. The van der Waals surface area contributed by atoms with Gasteiger partial charge in [0.15, 0.2) is 0 Å². The normalized spacial score (nSPS) is 22.2. The van der Waals surface area contributed by atoms with Crippen LogP contribution < -0.4 is 0 Å². The maximum absolute atomic E-state index is 9.63. The molecule has 1 fully saturated rings. The Morgan fingerprint density at radius 1 is 1.36 bits per heavy atom. The summed E-state index contributed by atoms with van der Waals surface area (Å²) in [6.07, 6.45) is 5.03. The van der Waals surface area contributed by atoms with Gasteiger partial charge >= 0.3 is 0 Å². The topological polar surface area (TPSA) is 44.0 Å². The van der Waals surface area contributed by atoms with Crippen LogP contribution in [0.4, 0.5) is 0 Å². The van der Waals surface area contributed by atoms with Crippen LogP contribution in [-0.2, 0) is 6.54 Å². The molecule has 0 radical (unpaired) electrons. The highest BCUT2D eigenvalue weighted by atomic mass is 16.3. The number of rotatable bonds is 5. The van der Waals surface area contributed by atoms with E-state index < -0.39 is 0 Å². The highest BCUT2D eigenvalue weighted by molar-refractivity contribution is 5.39. The lowest BCUT2D eigenvalue weighted by atomic mass is 10.1. The Morgan fingerprint density at radius 2 is 2.23 bits per heavy atom. The summed E-state index contributed by atoms with van der Waals surface area (Å²) in [7, 11) is 0. The van der Waals surface area contributed by atoms with E-state index in [0.29, 0.717) is 6.04 Å². The molecule has 5 heteroatoms. The molecule has 0 aliphatic carbocycles. The van der Waals surface area contributed by atoms with E-state index in [4.69, 9.17) is 4.98 Å². The van der Waals surface area contributed by atoms with Crippen molar-refractivity contribution >= 4 is 5.65 Å². The quantitative estimate of drug-likeness (QED) is 0.911. The van der Waals surface area contributed by atoms with Crippen molar-refractivity contribution in [3.63, 3.8) is 0 Å². The lowest BCUT2D eigenvalue weighted by Gasteiger charge is -2.41. The highest BCUT2D eigenvalue weighted by Crippen LogP contribution is 2.16. The van der Waals surface area contributed by atoms with Crippen LogP contribution in [0.25, 0.3) is 5.65 Å². The van der Waals surface area contributed by atoms with Gasteiger partial charge in [0.25, 0.3) is 0 Å². The first-order valence-corrected chi connectivity index (χ1v) is 8.22. The zero-order valence-electron chi connectivity index (χ0n) is 13.5. The van der Waals surface area contributed by atoms with Gasteiger partial charge in [-0.15, -0.1) is 0 Å². The summed E-state index contributed by atoms with van der Waals surface area (Å²) in [5.74, 6) is 0. The number of hydrogen-bond acceptors (Lipinski definition) is 4. The number of β-amino-alcohol motifs (C(OH)–C–C–N with tert-alkyl or cyclic N) is 1. The number of imidazole rings is 1. The number of fused-ring (bicyclic) bond motifs is 1. The van der Waals surface area contributed by atoms with Gasteiger partial charge in [-0.05, 0) is 25.5 Å². The fraction of sp³-hybridized carbons (Fsp3) is 0.588. The molecule has 3 rings (SSSR count). The van der Waals surface area contributed by atoms with Crippen molar-refractivity contribution in [2.24, 2.45) is 0 Å². The monoisotopic (exact) mass is 302 g/mol. The predicted octanol–water partition coefficient (Wildman–Crippen LogP) is 1.61. The summed E-state index contributed by atoms with van der Waals surface area (Å²) in [6, 6.07) is 6.62. The molecule has 2 atom stereocenters. The van der Waals surface area contributed by atoms with Crippen LogP contribution in [0.15, 0.2) is 30.6 Å². The van der Waals surface area contributed by atoms with Gasteiger partial charge in [-0.2, -0.15) is 0 Å². The molecule has 2 aromatic heterocycles. The van der Waals surface area contributed by atoms with Crippen molar-refractivity contribution in [2.45, 2.75) is 39.0 Å². The van der Waals surface area contributed by atoms with E-state index in [9.17, 15) is 5.11 Å². The maximum Gasteiger partial charge on any atom is 0.137 e. The zero-order chi connectivity index (χ0) is 15.5. The number of nitrogens with zero attached hydrogens (tertiary/aromatic N) is 4. The second-order valence-corrected chi connectivity index (χ2v) is 6.34. The Morgan fingerprint density at radius 3 is 2.95 bits per heavy atom. The average molecular weight is 302 g/mol. The van der Waals surface area contributed by atoms with Gasteiger partial charge in [0, 0.05) is 51.2 Å². The predicted molar refractivity (Wildman–Crippen MR) is 87.8 cm³/mol. The van der Waals surface area contributed by atoms with E-state index in [2.05, 4.69) is 27.3 Å². The van der Waals surface area contributed by atoms with Gasteiger partial charge in [0.2, 0.25) is 0 Å². The molecule has 0 aromatic carbocycles. The van der Waals surface area contributed by atoms with Crippen molar-refractivity contribution in [1.29, 1.82) is 0 Å². The molecule has 0 bridgehead atoms. The SMILES string of the molecule is CC[C@H]1CN(Cc2cn3ccccc3n2)CCN1C[C@H](C)O. The van der Waals surface area contributed by atoms with E-state index in [1.165, 1.54) is 0 Å². The Hall–Kier alpha value is -1.43. The number of hydrogen-bond donors (Lipinski definition) is 1. The molecule has 5 nitrogen and oxygen atoms in total. The van der Waals surface area contributed by atoms with E-state index in [1.54, 1.807) is 0 Å². The third-order valence-electron chi connectivity index (χ3n) is 4.46. The minimum absolute atomic E-state index is 0.251. The largest absolute Gasteiger partial charge is 0.392 e. The smallest absolute Gasteiger partial charge is 0.137 e. The number of aliphatic hydroxyl groups excluding tert-OH is 1. The van der Waals surface area contributed by atoms with Gasteiger partial charge in [0.05, 0.1) is 11.8 Å². The molecule has 22 heavy (non-hydrogen) atoms.